The van der Waals surface area contributed by atoms with Crippen molar-refractivity contribution in [3.05, 3.63) is 34.7 Å². The van der Waals surface area contributed by atoms with Gasteiger partial charge in [0.2, 0.25) is 0 Å². The van der Waals surface area contributed by atoms with E-state index in [2.05, 4.69) is 20.5 Å². The molecule has 1 aromatic heterocycles. The summed E-state index contributed by atoms with van der Waals surface area (Å²) in [5.74, 6) is 0.449. The number of morpholine rings is 1. The van der Waals surface area contributed by atoms with Crippen molar-refractivity contribution in [3.8, 4) is 11.3 Å². The minimum absolute atomic E-state index is 0.186. The Morgan fingerprint density at radius 1 is 1.31 bits per heavy atom. The Kier molecular flexibility index (Phi) is 6.76. The first-order valence-corrected chi connectivity index (χ1v) is 11.0. The molecular formula is C21H28N4O3S. The Morgan fingerprint density at radius 2 is 2.17 bits per heavy atom. The highest BCUT2D eigenvalue weighted by molar-refractivity contribution is 7.09. The van der Waals surface area contributed by atoms with Crippen LogP contribution in [0.25, 0.3) is 11.3 Å². The molecule has 2 amide bonds. The zero-order valence-electron chi connectivity index (χ0n) is 16.7. The fourth-order valence-electron chi connectivity index (χ4n) is 3.98. The fraction of sp³-hybridized carbons (Fsp3) is 0.524. The van der Waals surface area contributed by atoms with Gasteiger partial charge in [0.25, 0.3) is 0 Å². The number of carbonyl (C=O) groups is 1. The fourth-order valence-corrected chi connectivity index (χ4v) is 4.61. The van der Waals surface area contributed by atoms with Crippen LogP contribution in [0.3, 0.4) is 0 Å². The van der Waals surface area contributed by atoms with Crippen LogP contribution in [-0.4, -0.2) is 68.0 Å². The largest absolute Gasteiger partial charge is 0.381 e. The number of urea groups is 1. The number of ether oxygens (including phenoxy) is 2. The lowest BCUT2D eigenvalue weighted by atomic mass is 9.97. The molecule has 3 heterocycles. The van der Waals surface area contributed by atoms with E-state index in [4.69, 9.17) is 9.47 Å². The number of amides is 2. The summed E-state index contributed by atoms with van der Waals surface area (Å²) in [5, 5.41) is 9.09. The zero-order chi connectivity index (χ0) is 20.1. The van der Waals surface area contributed by atoms with Crippen LogP contribution < -0.4 is 10.6 Å². The van der Waals surface area contributed by atoms with Gasteiger partial charge in [0.05, 0.1) is 30.5 Å². The Bertz CT molecular complexity index is 816. The van der Waals surface area contributed by atoms with E-state index in [1.807, 2.05) is 36.6 Å². The van der Waals surface area contributed by atoms with Crippen molar-refractivity contribution in [1.82, 2.24) is 15.2 Å². The summed E-state index contributed by atoms with van der Waals surface area (Å²) in [5.41, 5.74) is 2.70. The van der Waals surface area contributed by atoms with E-state index in [0.717, 1.165) is 67.9 Å². The zero-order valence-corrected chi connectivity index (χ0v) is 17.5. The molecule has 0 bridgehead atoms. The van der Waals surface area contributed by atoms with Crippen LogP contribution in [0, 0.1) is 12.8 Å². The number of benzene rings is 1. The minimum atomic E-state index is -0.186. The van der Waals surface area contributed by atoms with Gasteiger partial charge in [-0.15, -0.1) is 11.3 Å². The molecule has 0 unspecified atom stereocenters. The highest BCUT2D eigenvalue weighted by atomic mass is 32.1. The molecule has 8 heteroatoms. The van der Waals surface area contributed by atoms with Gasteiger partial charge in [-0.1, -0.05) is 12.1 Å². The Balaban J connectivity index is 1.35. The second-order valence-corrected chi connectivity index (χ2v) is 8.57. The predicted octanol–water partition coefficient (Wildman–Crippen LogP) is 2.98. The monoisotopic (exact) mass is 416 g/mol. The first-order chi connectivity index (χ1) is 14.2. The highest BCUT2D eigenvalue weighted by Gasteiger charge is 2.31. The summed E-state index contributed by atoms with van der Waals surface area (Å²) >= 11 is 1.62. The van der Waals surface area contributed by atoms with E-state index in [-0.39, 0.29) is 12.1 Å². The summed E-state index contributed by atoms with van der Waals surface area (Å²) in [6, 6.07) is 7.88. The third-order valence-corrected chi connectivity index (χ3v) is 6.30. The number of hydrogen-bond donors (Lipinski definition) is 2. The van der Waals surface area contributed by atoms with Crippen LogP contribution in [0.2, 0.25) is 0 Å². The molecule has 2 saturated heterocycles. The summed E-state index contributed by atoms with van der Waals surface area (Å²) in [4.78, 5) is 19.5. The average Bonchev–Trinajstić information content (AvgIpc) is 3.41. The van der Waals surface area contributed by atoms with Gasteiger partial charge in [0.15, 0.2) is 0 Å². The van der Waals surface area contributed by atoms with E-state index >= 15 is 0 Å². The number of hydrogen-bond acceptors (Lipinski definition) is 6. The van der Waals surface area contributed by atoms with Crippen molar-refractivity contribution >= 4 is 23.1 Å². The van der Waals surface area contributed by atoms with Crippen molar-refractivity contribution in [3.63, 3.8) is 0 Å². The van der Waals surface area contributed by atoms with Crippen molar-refractivity contribution in [1.29, 1.82) is 0 Å². The maximum Gasteiger partial charge on any atom is 0.319 e. The maximum absolute atomic E-state index is 12.6. The van der Waals surface area contributed by atoms with E-state index in [1.165, 1.54) is 0 Å². The first kappa shape index (κ1) is 20.3. The first-order valence-electron chi connectivity index (χ1n) is 10.2. The molecule has 29 heavy (non-hydrogen) atoms. The minimum Gasteiger partial charge on any atom is -0.381 e. The van der Waals surface area contributed by atoms with Gasteiger partial charge in [-0.05, 0) is 25.5 Å². The quantitative estimate of drug-likeness (QED) is 0.757. The molecule has 0 spiro atoms. The Morgan fingerprint density at radius 3 is 2.90 bits per heavy atom. The van der Waals surface area contributed by atoms with Gasteiger partial charge in [-0.3, -0.25) is 4.90 Å². The van der Waals surface area contributed by atoms with E-state index in [9.17, 15) is 4.79 Å². The van der Waals surface area contributed by atoms with Gasteiger partial charge in [0, 0.05) is 54.8 Å². The maximum atomic E-state index is 12.6. The highest BCUT2D eigenvalue weighted by Crippen LogP contribution is 2.24. The molecular weight excluding hydrogens is 388 g/mol. The van der Waals surface area contributed by atoms with Gasteiger partial charge in [0.1, 0.15) is 0 Å². The van der Waals surface area contributed by atoms with Gasteiger partial charge >= 0.3 is 6.03 Å². The van der Waals surface area contributed by atoms with Gasteiger partial charge in [-0.2, -0.15) is 0 Å². The SMILES string of the molecule is Cc1nc(-c2cccc(NC(=O)NC[C@H]([C@@H]3CCOC3)N3CCOCC3)c2)cs1. The topological polar surface area (TPSA) is 75.7 Å². The summed E-state index contributed by atoms with van der Waals surface area (Å²) in [6.07, 6.45) is 1.04. The third kappa shape index (κ3) is 5.33. The number of carbonyl (C=O) groups excluding carboxylic acids is 1. The average molecular weight is 417 g/mol. The van der Waals surface area contributed by atoms with Crippen LogP contribution in [0.4, 0.5) is 10.5 Å². The number of aromatic nitrogens is 1. The molecule has 0 saturated carbocycles. The number of nitrogens with one attached hydrogen (secondary N) is 2. The molecule has 156 valence electrons. The van der Waals surface area contributed by atoms with E-state index in [1.54, 1.807) is 11.3 Å². The van der Waals surface area contributed by atoms with Crippen LogP contribution in [0.1, 0.15) is 11.4 Å². The lowest BCUT2D eigenvalue weighted by Gasteiger charge is -2.37. The Hall–Kier alpha value is -2.00. The molecule has 7 nitrogen and oxygen atoms in total. The number of rotatable bonds is 6. The van der Waals surface area contributed by atoms with Crippen molar-refractivity contribution in [2.24, 2.45) is 5.92 Å². The molecule has 2 N–H and O–H groups in total. The smallest absolute Gasteiger partial charge is 0.319 e. The molecule has 1 aromatic carbocycles. The number of thiazole rings is 1. The Labute approximate surface area is 175 Å². The lowest BCUT2D eigenvalue weighted by molar-refractivity contribution is 0.00222. The summed E-state index contributed by atoms with van der Waals surface area (Å²) in [7, 11) is 0. The standard InChI is InChI=1S/C21H28N4O3S/c1-15-23-19(14-29-15)16-3-2-4-18(11-16)24-21(26)22-12-20(17-5-8-28-13-17)25-6-9-27-10-7-25/h2-4,11,14,17,20H,5-10,12-13H2,1H3,(H2,22,24,26)/t17-,20-/m1/s1. The van der Waals surface area contributed by atoms with Crippen LogP contribution in [0.15, 0.2) is 29.6 Å². The molecule has 0 radical (unpaired) electrons. The molecule has 2 atom stereocenters. The van der Waals surface area contributed by atoms with E-state index < -0.39 is 0 Å². The van der Waals surface area contributed by atoms with Gasteiger partial charge < -0.3 is 20.1 Å². The number of anilines is 1. The second kappa shape index (κ2) is 9.67. The molecule has 0 aliphatic carbocycles. The van der Waals surface area contributed by atoms with Gasteiger partial charge in [-0.25, -0.2) is 9.78 Å². The third-order valence-electron chi connectivity index (χ3n) is 5.53. The van der Waals surface area contributed by atoms with E-state index in [0.29, 0.717) is 12.5 Å². The summed E-state index contributed by atoms with van der Waals surface area (Å²) in [6.45, 7) is 7.47. The second-order valence-electron chi connectivity index (χ2n) is 7.51. The van der Waals surface area contributed by atoms with Crippen LogP contribution in [-0.2, 0) is 9.47 Å². The lowest BCUT2D eigenvalue weighted by Crippen LogP contribution is -2.52. The molecule has 2 aliphatic rings. The number of aryl methyl sites for hydroxylation is 1. The van der Waals surface area contributed by atoms with Crippen molar-refractivity contribution in [2.75, 3.05) is 51.4 Å². The van der Waals surface area contributed by atoms with Crippen molar-refractivity contribution < 1.29 is 14.3 Å². The van der Waals surface area contributed by atoms with Crippen molar-refractivity contribution in [2.45, 2.75) is 19.4 Å². The normalized spacial score (nSPS) is 21.1. The van der Waals surface area contributed by atoms with Crippen LogP contribution >= 0.6 is 11.3 Å². The van der Waals surface area contributed by atoms with Crippen LogP contribution in [0.5, 0.6) is 0 Å². The molecule has 2 aromatic rings. The summed E-state index contributed by atoms with van der Waals surface area (Å²) < 4.78 is 11.1. The number of nitrogens with zero attached hydrogens (tertiary/aromatic N) is 2. The molecule has 4 rings (SSSR count). The molecule has 2 aliphatic heterocycles. The molecule has 2 fully saturated rings. The predicted molar refractivity (Wildman–Crippen MR) is 114 cm³/mol.